The normalized spacial score (nSPS) is 16.0. The molecule has 0 aromatic rings. The van der Waals surface area contributed by atoms with Crippen LogP contribution in [0.5, 0.6) is 0 Å². The lowest BCUT2D eigenvalue weighted by molar-refractivity contribution is -0.161. The number of unbranched alkanes of at least 4 members (excludes halogenated alkanes) is 7. The predicted molar refractivity (Wildman–Crippen MR) is 113 cm³/mol. The van der Waals surface area contributed by atoms with Crippen molar-refractivity contribution in [2.45, 2.75) is 104 Å². The van der Waals surface area contributed by atoms with E-state index in [1.54, 1.807) is 6.92 Å². The average molecular weight is 399 g/mol. The summed E-state index contributed by atoms with van der Waals surface area (Å²) < 4.78 is 0. The number of Topliss-reactive ketones (excluding diaryl/α,β-unsaturated/α-hetero) is 1. The summed E-state index contributed by atoms with van der Waals surface area (Å²) in [5.74, 6) is -1.02. The zero-order valence-corrected chi connectivity index (χ0v) is 18.2. The second kappa shape index (κ2) is 15.7. The third-order valence-electron chi connectivity index (χ3n) is 5.57. The summed E-state index contributed by atoms with van der Waals surface area (Å²) in [6.45, 7) is 4.76. The lowest BCUT2D eigenvalue weighted by Crippen LogP contribution is -2.46. The predicted octanol–water partition coefficient (Wildman–Crippen LogP) is 4.89. The molecule has 0 aliphatic rings. The second-order valence-electron chi connectivity index (χ2n) is 8.31. The topological polar surface area (TPSA) is 94.8 Å². The number of carboxylic acid groups (broad SMARTS) is 1. The number of carboxylic acids is 1. The van der Waals surface area contributed by atoms with Crippen molar-refractivity contribution in [3.63, 3.8) is 0 Å². The molecule has 0 amide bonds. The average Bonchev–Trinajstić information content (AvgIpc) is 2.68. The van der Waals surface area contributed by atoms with Gasteiger partial charge in [0.05, 0.1) is 12.7 Å². The molecule has 28 heavy (non-hydrogen) atoms. The fourth-order valence-electron chi connectivity index (χ4n) is 3.29. The van der Waals surface area contributed by atoms with Crippen LogP contribution in [0.3, 0.4) is 0 Å². The fourth-order valence-corrected chi connectivity index (χ4v) is 3.29. The summed E-state index contributed by atoms with van der Waals surface area (Å²) in [5.41, 5.74) is -1.53. The van der Waals surface area contributed by atoms with Gasteiger partial charge in [0.1, 0.15) is 11.2 Å². The van der Waals surface area contributed by atoms with Crippen LogP contribution in [0.15, 0.2) is 12.2 Å². The van der Waals surface area contributed by atoms with Gasteiger partial charge in [0.25, 0.3) is 0 Å². The minimum absolute atomic E-state index is 0.243. The molecule has 0 saturated heterocycles. The molecule has 5 nitrogen and oxygen atoms in total. The highest BCUT2D eigenvalue weighted by molar-refractivity contribution is 5.78. The van der Waals surface area contributed by atoms with E-state index >= 15 is 0 Å². The molecule has 0 rings (SSSR count). The van der Waals surface area contributed by atoms with Crippen LogP contribution in [-0.2, 0) is 9.59 Å². The van der Waals surface area contributed by atoms with Gasteiger partial charge in [0.2, 0.25) is 0 Å². The molecule has 5 heteroatoms. The lowest BCUT2D eigenvalue weighted by atomic mass is 9.78. The van der Waals surface area contributed by atoms with Crippen LogP contribution in [0.1, 0.15) is 97.8 Å². The van der Waals surface area contributed by atoms with Gasteiger partial charge in [-0.05, 0) is 44.9 Å². The number of aliphatic carboxylic acids is 1. The molecule has 0 aliphatic carbocycles. The highest BCUT2D eigenvalue weighted by atomic mass is 16.4. The largest absolute Gasteiger partial charge is 0.481 e. The van der Waals surface area contributed by atoms with Crippen molar-refractivity contribution in [2.75, 3.05) is 6.61 Å². The van der Waals surface area contributed by atoms with Crippen molar-refractivity contribution >= 4 is 11.8 Å². The zero-order chi connectivity index (χ0) is 21.4. The number of carbonyl (C=O) groups is 2. The minimum atomic E-state index is -1.53. The Morgan fingerprint density at radius 1 is 0.964 bits per heavy atom. The number of hydrogen-bond donors (Lipinski definition) is 3. The van der Waals surface area contributed by atoms with E-state index in [-0.39, 0.29) is 5.92 Å². The molecule has 164 valence electrons. The Morgan fingerprint density at radius 2 is 1.54 bits per heavy atom. The summed E-state index contributed by atoms with van der Waals surface area (Å²) in [6.07, 6.45) is 14.8. The van der Waals surface area contributed by atoms with Gasteiger partial charge in [-0.1, -0.05) is 58.1 Å². The Kier molecular flexibility index (Phi) is 15.0. The number of allylic oxidation sites excluding steroid dienone is 2. The molecular formula is C23H42O5. The van der Waals surface area contributed by atoms with Crippen LogP contribution < -0.4 is 0 Å². The number of aliphatic hydroxyl groups is 2. The van der Waals surface area contributed by atoms with Crippen molar-refractivity contribution in [3.8, 4) is 0 Å². The van der Waals surface area contributed by atoms with Crippen molar-refractivity contribution < 1.29 is 24.9 Å². The van der Waals surface area contributed by atoms with Gasteiger partial charge in [-0.3, -0.25) is 9.59 Å². The SMILES string of the molecule is CCCCCCC(=O)CCCCCCC=CCC(C)C(O)C(C)(CO)C(=O)O. The van der Waals surface area contributed by atoms with E-state index in [9.17, 15) is 24.9 Å². The van der Waals surface area contributed by atoms with Gasteiger partial charge < -0.3 is 15.3 Å². The van der Waals surface area contributed by atoms with Gasteiger partial charge in [-0.25, -0.2) is 0 Å². The lowest BCUT2D eigenvalue weighted by Gasteiger charge is -2.32. The van der Waals surface area contributed by atoms with Gasteiger partial charge in [-0.2, -0.15) is 0 Å². The Balaban J connectivity index is 3.80. The molecule has 0 aliphatic heterocycles. The molecule has 0 fully saturated rings. The number of aliphatic hydroxyl groups excluding tert-OH is 2. The first kappa shape index (κ1) is 26.8. The first-order valence-corrected chi connectivity index (χ1v) is 11.0. The maximum Gasteiger partial charge on any atom is 0.314 e. The summed E-state index contributed by atoms with van der Waals surface area (Å²) >= 11 is 0. The van der Waals surface area contributed by atoms with E-state index in [1.165, 1.54) is 26.2 Å². The standard InChI is InChI=1S/C23H42O5/c1-4-5-6-13-16-20(25)17-14-11-9-7-8-10-12-15-19(2)21(26)23(3,18-24)22(27)28/h10,12,19,21,24,26H,4-9,11,13-18H2,1-3H3,(H,27,28). The summed E-state index contributed by atoms with van der Waals surface area (Å²) in [4.78, 5) is 23.0. The summed E-state index contributed by atoms with van der Waals surface area (Å²) in [7, 11) is 0. The van der Waals surface area contributed by atoms with Crippen LogP contribution in [0.4, 0.5) is 0 Å². The number of rotatable bonds is 18. The molecule has 0 aromatic heterocycles. The minimum Gasteiger partial charge on any atom is -0.481 e. The molecule has 0 radical (unpaired) electrons. The van der Waals surface area contributed by atoms with Crippen molar-refractivity contribution in [1.82, 2.24) is 0 Å². The Morgan fingerprint density at radius 3 is 2.07 bits per heavy atom. The van der Waals surface area contributed by atoms with E-state index in [4.69, 9.17) is 0 Å². The first-order chi connectivity index (χ1) is 13.3. The van der Waals surface area contributed by atoms with Crippen LogP contribution >= 0.6 is 0 Å². The Labute approximate surface area is 171 Å². The fraction of sp³-hybridized carbons (Fsp3) is 0.826. The number of carbonyl (C=O) groups excluding carboxylic acids is 1. The molecule has 0 aromatic carbocycles. The molecular weight excluding hydrogens is 356 g/mol. The van der Waals surface area contributed by atoms with Crippen LogP contribution in [0, 0.1) is 11.3 Å². The third kappa shape index (κ3) is 11.0. The van der Waals surface area contributed by atoms with Crippen LogP contribution in [-0.4, -0.2) is 39.8 Å². The van der Waals surface area contributed by atoms with Gasteiger partial charge in [0.15, 0.2) is 0 Å². The van der Waals surface area contributed by atoms with E-state index < -0.39 is 24.1 Å². The quantitative estimate of drug-likeness (QED) is 0.226. The van der Waals surface area contributed by atoms with Crippen LogP contribution in [0.2, 0.25) is 0 Å². The molecule has 3 N–H and O–H groups in total. The number of hydrogen-bond acceptors (Lipinski definition) is 4. The van der Waals surface area contributed by atoms with Crippen molar-refractivity contribution in [1.29, 1.82) is 0 Å². The monoisotopic (exact) mass is 398 g/mol. The second-order valence-corrected chi connectivity index (χ2v) is 8.31. The first-order valence-electron chi connectivity index (χ1n) is 11.0. The maximum absolute atomic E-state index is 11.7. The summed E-state index contributed by atoms with van der Waals surface area (Å²) in [5, 5.41) is 28.7. The highest BCUT2D eigenvalue weighted by Crippen LogP contribution is 2.28. The summed E-state index contributed by atoms with van der Waals surface area (Å²) in [6, 6.07) is 0. The molecule has 3 atom stereocenters. The van der Waals surface area contributed by atoms with Crippen molar-refractivity contribution in [2.24, 2.45) is 11.3 Å². The van der Waals surface area contributed by atoms with E-state index in [2.05, 4.69) is 13.0 Å². The third-order valence-corrected chi connectivity index (χ3v) is 5.57. The van der Waals surface area contributed by atoms with Gasteiger partial charge >= 0.3 is 5.97 Å². The van der Waals surface area contributed by atoms with Gasteiger partial charge in [-0.15, -0.1) is 0 Å². The number of ketones is 1. The van der Waals surface area contributed by atoms with E-state index in [0.717, 1.165) is 44.9 Å². The van der Waals surface area contributed by atoms with E-state index in [1.807, 2.05) is 6.08 Å². The zero-order valence-electron chi connectivity index (χ0n) is 18.2. The van der Waals surface area contributed by atoms with Crippen LogP contribution in [0.25, 0.3) is 0 Å². The maximum atomic E-state index is 11.7. The van der Waals surface area contributed by atoms with E-state index in [0.29, 0.717) is 18.6 Å². The highest BCUT2D eigenvalue weighted by Gasteiger charge is 2.42. The molecule has 0 bridgehead atoms. The molecule has 0 spiro atoms. The molecule has 0 saturated carbocycles. The Hall–Kier alpha value is -1.20. The van der Waals surface area contributed by atoms with Gasteiger partial charge in [0, 0.05) is 12.8 Å². The van der Waals surface area contributed by atoms with Crippen molar-refractivity contribution in [3.05, 3.63) is 12.2 Å². The molecule has 0 heterocycles. The smallest absolute Gasteiger partial charge is 0.314 e. The molecule has 3 unspecified atom stereocenters. The Bertz CT molecular complexity index is 460.